The van der Waals surface area contributed by atoms with Gasteiger partial charge in [-0.05, 0) is 18.3 Å². The number of nitrogen functional groups attached to an aromatic ring is 1. The van der Waals surface area contributed by atoms with Crippen molar-refractivity contribution >= 4 is 5.95 Å². The van der Waals surface area contributed by atoms with E-state index in [2.05, 4.69) is 30.9 Å². The van der Waals surface area contributed by atoms with Gasteiger partial charge in [-0.3, -0.25) is 4.68 Å². The fourth-order valence-corrected chi connectivity index (χ4v) is 1.19. The monoisotopic (exact) mass is 182 g/mol. The molecule has 1 heterocycles. The van der Waals surface area contributed by atoms with E-state index in [0.29, 0.717) is 11.4 Å². The number of anilines is 1. The highest BCUT2D eigenvalue weighted by atomic mass is 15.3. The first-order valence-corrected chi connectivity index (χ1v) is 4.62. The van der Waals surface area contributed by atoms with Crippen LogP contribution in [0.15, 0.2) is 6.33 Å². The Morgan fingerprint density at radius 1 is 1.46 bits per heavy atom. The molecule has 1 rings (SSSR count). The van der Waals surface area contributed by atoms with Crippen LogP contribution in [0.5, 0.6) is 0 Å². The number of nitrogens with two attached hydrogens (primary N) is 1. The molecule has 1 aromatic heterocycles. The van der Waals surface area contributed by atoms with E-state index in [1.807, 2.05) is 0 Å². The van der Waals surface area contributed by atoms with Crippen LogP contribution in [0.2, 0.25) is 0 Å². The van der Waals surface area contributed by atoms with E-state index in [1.54, 1.807) is 11.0 Å². The normalized spacial score (nSPS) is 11.9. The molecule has 2 N–H and O–H groups in total. The summed E-state index contributed by atoms with van der Waals surface area (Å²) in [4.78, 5) is 3.86. The molecule has 0 bridgehead atoms. The molecular weight excluding hydrogens is 164 g/mol. The third-order valence-corrected chi connectivity index (χ3v) is 1.87. The first-order valence-electron chi connectivity index (χ1n) is 4.62. The molecule has 0 unspecified atom stereocenters. The Morgan fingerprint density at radius 3 is 2.62 bits per heavy atom. The fourth-order valence-electron chi connectivity index (χ4n) is 1.19. The van der Waals surface area contributed by atoms with Crippen LogP contribution in [-0.2, 0) is 6.54 Å². The van der Waals surface area contributed by atoms with Gasteiger partial charge in [0.2, 0.25) is 5.95 Å². The van der Waals surface area contributed by atoms with E-state index in [9.17, 15) is 0 Å². The molecular formula is C9H18N4. The lowest BCUT2D eigenvalue weighted by atomic mass is 9.91. The van der Waals surface area contributed by atoms with Crippen molar-refractivity contribution in [1.82, 2.24) is 14.8 Å². The van der Waals surface area contributed by atoms with Gasteiger partial charge in [-0.15, -0.1) is 5.10 Å². The summed E-state index contributed by atoms with van der Waals surface area (Å²) < 4.78 is 1.79. The van der Waals surface area contributed by atoms with Crippen molar-refractivity contribution in [3.8, 4) is 0 Å². The Labute approximate surface area is 79.2 Å². The molecule has 0 spiro atoms. The van der Waals surface area contributed by atoms with Crippen molar-refractivity contribution in [2.75, 3.05) is 5.73 Å². The zero-order valence-corrected chi connectivity index (χ0v) is 8.62. The lowest BCUT2D eigenvalue weighted by molar-refractivity contribution is 0.349. The molecule has 13 heavy (non-hydrogen) atoms. The predicted octanol–water partition coefficient (Wildman–Crippen LogP) is 1.69. The molecule has 74 valence electrons. The van der Waals surface area contributed by atoms with Gasteiger partial charge in [-0.1, -0.05) is 20.8 Å². The maximum atomic E-state index is 5.39. The van der Waals surface area contributed by atoms with Crippen LogP contribution < -0.4 is 5.73 Å². The van der Waals surface area contributed by atoms with E-state index < -0.39 is 0 Å². The number of hydrogen-bond acceptors (Lipinski definition) is 3. The zero-order chi connectivity index (χ0) is 9.90. The summed E-state index contributed by atoms with van der Waals surface area (Å²) in [5, 5.41) is 4.01. The van der Waals surface area contributed by atoms with Crippen molar-refractivity contribution in [2.24, 2.45) is 5.41 Å². The molecule has 0 fully saturated rings. The fraction of sp³-hybridized carbons (Fsp3) is 0.778. The minimum absolute atomic E-state index is 0.357. The van der Waals surface area contributed by atoms with Gasteiger partial charge in [-0.2, -0.15) is 0 Å². The van der Waals surface area contributed by atoms with E-state index in [1.165, 1.54) is 6.42 Å². The summed E-state index contributed by atoms with van der Waals surface area (Å²) in [5.41, 5.74) is 5.79. The van der Waals surface area contributed by atoms with Crippen LogP contribution in [0.4, 0.5) is 5.95 Å². The average molecular weight is 182 g/mol. The molecule has 0 saturated heterocycles. The van der Waals surface area contributed by atoms with Gasteiger partial charge in [-0.25, -0.2) is 4.98 Å². The minimum Gasteiger partial charge on any atom is -0.367 e. The summed E-state index contributed by atoms with van der Waals surface area (Å²) in [6.45, 7) is 7.62. The van der Waals surface area contributed by atoms with E-state index in [-0.39, 0.29) is 0 Å². The third-order valence-electron chi connectivity index (χ3n) is 1.87. The Balaban J connectivity index is 2.28. The van der Waals surface area contributed by atoms with E-state index in [0.717, 1.165) is 13.0 Å². The molecule has 0 saturated carbocycles. The standard InChI is InChI=1S/C9H18N4/c1-9(2,3)5-4-6-13-7-11-8(10)12-13/h7H,4-6H2,1-3H3,(H2,10,12). The third kappa shape index (κ3) is 3.92. The lowest BCUT2D eigenvalue weighted by Crippen LogP contribution is -2.07. The second-order valence-electron chi connectivity index (χ2n) is 4.53. The summed E-state index contributed by atoms with van der Waals surface area (Å²) in [6.07, 6.45) is 3.98. The van der Waals surface area contributed by atoms with Crippen molar-refractivity contribution < 1.29 is 0 Å². The topological polar surface area (TPSA) is 56.7 Å². The molecule has 0 aliphatic heterocycles. The second kappa shape index (κ2) is 3.77. The van der Waals surface area contributed by atoms with E-state index in [4.69, 9.17) is 5.73 Å². The second-order valence-corrected chi connectivity index (χ2v) is 4.53. The molecule has 4 heteroatoms. The number of rotatable bonds is 3. The van der Waals surface area contributed by atoms with Gasteiger partial charge in [0, 0.05) is 6.54 Å². The minimum atomic E-state index is 0.357. The van der Waals surface area contributed by atoms with Gasteiger partial charge in [0.1, 0.15) is 6.33 Å². The van der Waals surface area contributed by atoms with Crippen molar-refractivity contribution in [3.05, 3.63) is 6.33 Å². The predicted molar refractivity (Wildman–Crippen MR) is 53.1 cm³/mol. The van der Waals surface area contributed by atoms with Gasteiger partial charge in [0.25, 0.3) is 0 Å². The van der Waals surface area contributed by atoms with Crippen LogP contribution >= 0.6 is 0 Å². The highest BCUT2D eigenvalue weighted by molar-refractivity contribution is 5.09. The van der Waals surface area contributed by atoms with Crippen molar-refractivity contribution in [3.63, 3.8) is 0 Å². The summed E-state index contributed by atoms with van der Waals surface area (Å²) in [5.74, 6) is 0.357. The van der Waals surface area contributed by atoms with Crippen molar-refractivity contribution in [2.45, 2.75) is 40.2 Å². The van der Waals surface area contributed by atoms with Gasteiger partial charge < -0.3 is 5.73 Å². The first-order chi connectivity index (χ1) is 5.97. The quantitative estimate of drug-likeness (QED) is 0.773. The smallest absolute Gasteiger partial charge is 0.239 e. The van der Waals surface area contributed by atoms with Crippen LogP contribution in [0, 0.1) is 5.41 Å². The Hall–Kier alpha value is -1.06. The highest BCUT2D eigenvalue weighted by Gasteiger charge is 2.09. The number of aromatic nitrogens is 3. The summed E-state index contributed by atoms with van der Waals surface area (Å²) >= 11 is 0. The first kappa shape index (κ1) is 10.0. The summed E-state index contributed by atoms with van der Waals surface area (Å²) in [7, 11) is 0. The Kier molecular flexibility index (Phi) is 2.90. The largest absolute Gasteiger partial charge is 0.367 e. The average Bonchev–Trinajstić information content (AvgIpc) is 2.33. The van der Waals surface area contributed by atoms with Crippen LogP contribution in [-0.4, -0.2) is 14.8 Å². The maximum Gasteiger partial charge on any atom is 0.239 e. The highest BCUT2D eigenvalue weighted by Crippen LogP contribution is 2.20. The molecule has 4 nitrogen and oxygen atoms in total. The van der Waals surface area contributed by atoms with E-state index >= 15 is 0 Å². The molecule has 0 radical (unpaired) electrons. The molecule has 0 aliphatic rings. The summed E-state index contributed by atoms with van der Waals surface area (Å²) in [6, 6.07) is 0. The van der Waals surface area contributed by atoms with Crippen molar-refractivity contribution in [1.29, 1.82) is 0 Å². The van der Waals surface area contributed by atoms with Crippen LogP contribution in [0.25, 0.3) is 0 Å². The molecule has 0 aliphatic carbocycles. The maximum absolute atomic E-state index is 5.39. The zero-order valence-electron chi connectivity index (χ0n) is 8.62. The Bertz CT molecular complexity index is 259. The molecule has 0 amide bonds. The molecule has 0 aromatic carbocycles. The SMILES string of the molecule is CC(C)(C)CCCn1cnc(N)n1. The van der Waals surface area contributed by atoms with Gasteiger partial charge in [0.15, 0.2) is 0 Å². The van der Waals surface area contributed by atoms with Crippen LogP contribution in [0.3, 0.4) is 0 Å². The van der Waals surface area contributed by atoms with Gasteiger partial charge >= 0.3 is 0 Å². The number of hydrogen-bond donors (Lipinski definition) is 1. The number of nitrogens with zero attached hydrogens (tertiary/aromatic N) is 3. The number of aryl methyl sites for hydroxylation is 1. The Morgan fingerprint density at radius 2 is 2.15 bits per heavy atom. The molecule has 0 atom stereocenters. The van der Waals surface area contributed by atoms with Crippen LogP contribution in [0.1, 0.15) is 33.6 Å². The lowest BCUT2D eigenvalue weighted by Gasteiger charge is -2.17. The van der Waals surface area contributed by atoms with Gasteiger partial charge in [0.05, 0.1) is 0 Å². The molecule has 1 aromatic rings.